The molecule has 6 heteroatoms. The quantitative estimate of drug-likeness (QED) is 0.741. The van der Waals surface area contributed by atoms with Crippen molar-refractivity contribution < 1.29 is 0 Å². The smallest absolute Gasteiger partial charge is 0.116 e. The van der Waals surface area contributed by atoms with Gasteiger partial charge in [-0.2, -0.15) is 0 Å². The predicted octanol–water partition coefficient (Wildman–Crippen LogP) is 2.72. The lowest BCUT2D eigenvalue weighted by atomic mass is 10.2. The molecule has 0 atom stereocenters. The zero-order valence-corrected chi connectivity index (χ0v) is 14.0. The summed E-state index contributed by atoms with van der Waals surface area (Å²) in [5.41, 5.74) is 3.46. The number of fused-ring (bicyclic) bond motifs is 1. The Labute approximate surface area is 139 Å². The SMILES string of the molecule is Cc1nc(CN2CCN(c3ccc4ncncc4c3)CC2)cs1. The Bertz CT molecular complexity index is 807. The molecule has 1 aromatic carbocycles. The van der Waals surface area contributed by atoms with E-state index in [4.69, 9.17) is 0 Å². The van der Waals surface area contributed by atoms with Gasteiger partial charge in [0.15, 0.2) is 0 Å². The molecule has 1 aliphatic heterocycles. The molecule has 3 heterocycles. The summed E-state index contributed by atoms with van der Waals surface area (Å²) in [5.74, 6) is 0. The van der Waals surface area contributed by atoms with Crippen LogP contribution in [-0.4, -0.2) is 46.0 Å². The zero-order chi connectivity index (χ0) is 15.6. The van der Waals surface area contributed by atoms with E-state index in [0.717, 1.165) is 48.6 Å². The Morgan fingerprint density at radius 1 is 1.17 bits per heavy atom. The van der Waals surface area contributed by atoms with Crippen LogP contribution in [0.2, 0.25) is 0 Å². The molecule has 0 aliphatic carbocycles. The van der Waals surface area contributed by atoms with Gasteiger partial charge in [-0.25, -0.2) is 15.0 Å². The molecule has 1 fully saturated rings. The average Bonchev–Trinajstić information content (AvgIpc) is 3.00. The number of thiazole rings is 1. The van der Waals surface area contributed by atoms with Crippen molar-refractivity contribution in [1.82, 2.24) is 19.9 Å². The molecule has 0 radical (unpaired) electrons. The number of anilines is 1. The van der Waals surface area contributed by atoms with Crippen LogP contribution in [0.25, 0.3) is 10.9 Å². The van der Waals surface area contributed by atoms with Crippen LogP contribution in [-0.2, 0) is 6.54 Å². The highest BCUT2D eigenvalue weighted by Crippen LogP contribution is 2.22. The molecule has 2 aromatic heterocycles. The summed E-state index contributed by atoms with van der Waals surface area (Å²) >= 11 is 1.73. The molecule has 3 aromatic rings. The maximum absolute atomic E-state index is 4.57. The van der Waals surface area contributed by atoms with Crippen molar-refractivity contribution in [3.05, 3.63) is 46.8 Å². The van der Waals surface area contributed by atoms with Crippen molar-refractivity contribution in [2.45, 2.75) is 13.5 Å². The fraction of sp³-hybridized carbons (Fsp3) is 0.353. The summed E-state index contributed by atoms with van der Waals surface area (Å²) in [4.78, 5) is 17.9. The molecule has 0 bridgehead atoms. The first kappa shape index (κ1) is 14.5. The number of nitrogens with zero attached hydrogens (tertiary/aromatic N) is 5. The molecular formula is C17H19N5S. The van der Waals surface area contributed by atoms with Crippen molar-refractivity contribution in [3.8, 4) is 0 Å². The first-order valence-corrected chi connectivity index (χ1v) is 8.74. The summed E-state index contributed by atoms with van der Waals surface area (Å²) < 4.78 is 0. The summed E-state index contributed by atoms with van der Waals surface area (Å²) in [6, 6.07) is 6.43. The van der Waals surface area contributed by atoms with E-state index < -0.39 is 0 Å². The minimum Gasteiger partial charge on any atom is -0.369 e. The van der Waals surface area contributed by atoms with Crippen molar-refractivity contribution in [2.24, 2.45) is 0 Å². The second kappa shape index (κ2) is 6.22. The van der Waals surface area contributed by atoms with Crippen LogP contribution in [0.5, 0.6) is 0 Å². The minimum absolute atomic E-state index is 0.962. The third kappa shape index (κ3) is 3.18. The maximum Gasteiger partial charge on any atom is 0.116 e. The average molecular weight is 325 g/mol. The second-order valence-corrected chi connectivity index (χ2v) is 6.95. The van der Waals surface area contributed by atoms with Crippen LogP contribution in [0.1, 0.15) is 10.7 Å². The van der Waals surface area contributed by atoms with Crippen LogP contribution < -0.4 is 4.90 Å². The Morgan fingerprint density at radius 2 is 2.04 bits per heavy atom. The molecule has 4 rings (SSSR count). The number of aryl methyl sites for hydroxylation is 1. The summed E-state index contributed by atoms with van der Waals surface area (Å²) in [5, 5.41) is 4.42. The molecule has 0 unspecified atom stereocenters. The largest absolute Gasteiger partial charge is 0.369 e. The van der Waals surface area contributed by atoms with E-state index in [9.17, 15) is 0 Å². The number of rotatable bonds is 3. The van der Waals surface area contributed by atoms with E-state index in [-0.39, 0.29) is 0 Å². The fourth-order valence-corrected chi connectivity index (χ4v) is 3.65. The van der Waals surface area contributed by atoms with Crippen LogP contribution in [0.3, 0.4) is 0 Å². The van der Waals surface area contributed by atoms with Crippen LogP contribution in [0, 0.1) is 6.92 Å². The molecule has 0 spiro atoms. The number of benzene rings is 1. The highest BCUT2D eigenvalue weighted by Gasteiger charge is 2.18. The van der Waals surface area contributed by atoms with Gasteiger partial charge in [0, 0.05) is 55.4 Å². The maximum atomic E-state index is 4.57. The van der Waals surface area contributed by atoms with Gasteiger partial charge in [-0.3, -0.25) is 4.90 Å². The third-order valence-corrected chi connectivity index (χ3v) is 5.10. The van der Waals surface area contributed by atoms with Gasteiger partial charge < -0.3 is 4.90 Å². The van der Waals surface area contributed by atoms with Gasteiger partial charge >= 0.3 is 0 Å². The Balaban J connectivity index is 1.42. The lowest BCUT2D eigenvalue weighted by molar-refractivity contribution is 0.247. The predicted molar refractivity (Wildman–Crippen MR) is 93.9 cm³/mol. The standard InChI is InChI=1S/C17H19N5S/c1-13-20-15(11-23-13)10-21-4-6-22(7-5-21)16-2-3-17-14(8-16)9-18-12-19-17/h2-3,8-9,11-12H,4-7,10H2,1H3. The minimum atomic E-state index is 0.962. The Kier molecular flexibility index (Phi) is 3.93. The van der Waals surface area contributed by atoms with Gasteiger partial charge in [-0.05, 0) is 25.1 Å². The Morgan fingerprint density at radius 3 is 2.83 bits per heavy atom. The molecule has 0 amide bonds. The van der Waals surface area contributed by atoms with Gasteiger partial charge in [0.25, 0.3) is 0 Å². The van der Waals surface area contributed by atoms with Gasteiger partial charge in [0.1, 0.15) is 6.33 Å². The number of aromatic nitrogens is 3. The Hall–Kier alpha value is -2.05. The molecule has 23 heavy (non-hydrogen) atoms. The van der Waals surface area contributed by atoms with Crippen molar-refractivity contribution >= 4 is 27.9 Å². The van der Waals surface area contributed by atoms with Gasteiger partial charge in [-0.15, -0.1) is 11.3 Å². The van der Waals surface area contributed by atoms with E-state index in [1.807, 2.05) is 6.20 Å². The van der Waals surface area contributed by atoms with E-state index in [2.05, 4.69) is 55.3 Å². The number of piperazine rings is 1. The summed E-state index contributed by atoms with van der Waals surface area (Å²) in [6.07, 6.45) is 3.48. The monoisotopic (exact) mass is 325 g/mol. The van der Waals surface area contributed by atoms with Crippen LogP contribution >= 0.6 is 11.3 Å². The summed E-state index contributed by atoms with van der Waals surface area (Å²) in [7, 11) is 0. The van der Waals surface area contributed by atoms with Crippen molar-refractivity contribution in [3.63, 3.8) is 0 Å². The molecule has 1 aliphatic rings. The van der Waals surface area contributed by atoms with E-state index >= 15 is 0 Å². The highest BCUT2D eigenvalue weighted by molar-refractivity contribution is 7.09. The number of hydrogen-bond acceptors (Lipinski definition) is 6. The van der Waals surface area contributed by atoms with E-state index in [0.29, 0.717) is 0 Å². The third-order valence-electron chi connectivity index (χ3n) is 4.28. The van der Waals surface area contributed by atoms with Gasteiger partial charge in [0.2, 0.25) is 0 Å². The molecule has 0 saturated carbocycles. The first-order chi connectivity index (χ1) is 11.3. The molecule has 0 N–H and O–H groups in total. The highest BCUT2D eigenvalue weighted by atomic mass is 32.1. The lowest BCUT2D eigenvalue weighted by Gasteiger charge is -2.35. The fourth-order valence-electron chi connectivity index (χ4n) is 3.04. The van der Waals surface area contributed by atoms with E-state index in [1.54, 1.807) is 17.7 Å². The van der Waals surface area contributed by atoms with E-state index in [1.165, 1.54) is 11.4 Å². The molecule has 5 nitrogen and oxygen atoms in total. The molecular weight excluding hydrogens is 306 g/mol. The van der Waals surface area contributed by atoms with Gasteiger partial charge in [0.05, 0.1) is 16.2 Å². The first-order valence-electron chi connectivity index (χ1n) is 7.86. The second-order valence-electron chi connectivity index (χ2n) is 5.89. The normalized spacial score (nSPS) is 16.1. The molecule has 118 valence electrons. The molecule has 1 saturated heterocycles. The lowest BCUT2D eigenvalue weighted by Crippen LogP contribution is -2.46. The van der Waals surface area contributed by atoms with Crippen molar-refractivity contribution in [2.75, 3.05) is 31.1 Å². The van der Waals surface area contributed by atoms with Crippen LogP contribution in [0.15, 0.2) is 36.1 Å². The van der Waals surface area contributed by atoms with Crippen LogP contribution in [0.4, 0.5) is 5.69 Å². The number of hydrogen-bond donors (Lipinski definition) is 0. The topological polar surface area (TPSA) is 45.2 Å². The van der Waals surface area contributed by atoms with Gasteiger partial charge in [-0.1, -0.05) is 0 Å². The zero-order valence-electron chi connectivity index (χ0n) is 13.1. The van der Waals surface area contributed by atoms with Crippen molar-refractivity contribution in [1.29, 1.82) is 0 Å². The summed E-state index contributed by atoms with van der Waals surface area (Å²) in [6.45, 7) is 7.25.